The van der Waals surface area contributed by atoms with Gasteiger partial charge in [0.1, 0.15) is 5.56 Å². The zero-order valence-electron chi connectivity index (χ0n) is 14.4. The number of hydrogen-bond acceptors (Lipinski definition) is 4. The Morgan fingerprint density at radius 1 is 0.929 bits per heavy atom. The van der Waals surface area contributed by atoms with Crippen LogP contribution < -0.4 is 15.2 Å². The molecule has 3 rings (SSSR count). The lowest BCUT2D eigenvalue weighted by Gasteiger charge is -2.13. The number of aromatic nitrogens is 1. The van der Waals surface area contributed by atoms with Crippen LogP contribution in [0.2, 0.25) is 0 Å². The Bertz CT molecular complexity index is 1150. The van der Waals surface area contributed by atoms with Crippen molar-refractivity contribution in [2.24, 2.45) is 0 Å². The molecular weight excluding hydrogens is 387 g/mol. The van der Waals surface area contributed by atoms with E-state index in [1.807, 2.05) is 0 Å². The van der Waals surface area contributed by atoms with E-state index >= 15 is 0 Å². The van der Waals surface area contributed by atoms with Gasteiger partial charge >= 0.3 is 5.97 Å². The minimum absolute atomic E-state index is 0.365. The molecular formula is C18H11F5N2O3. The van der Waals surface area contributed by atoms with Crippen molar-refractivity contribution in [3.8, 4) is 5.75 Å². The number of anilines is 1. The molecule has 0 saturated heterocycles. The Morgan fingerprint density at radius 2 is 1.50 bits per heavy atom. The highest BCUT2D eigenvalue weighted by molar-refractivity contribution is 5.95. The summed E-state index contributed by atoms with van der Waals surface area (Å²) in [4.78, 5) is 28.5. The Labute approximate surface area is 154 Å². The lowest BCUT2D eigenvalue weighted by molar-refractivity contribution is 0.0714. The van der Waals surface area contributed by atoms with Gasteiger partial charge in [-0.05, 0) is 23.6 Å². The molecule has 146 valence electrons. The highest BCUT2D eigenvalue weighted by Crippen LogP contribution is 2.29. The van der Waals surface area contributed by atoms with Crippen molar-refractivity contribution in [1.29, 1.82) is 0 Å². The molecule has 10 heteroatoms. The van der Waals surface area contributed by atoms with Gasteiger partial charge in [0, 0.05) is 19.8 Å². The van der Waals surface area contributed by atoms with E-state index < -0.39 is 51.9 Å². The van der Waals surface area contributed by atoms with E-state index in [0.717, 1.165) is 11.8 Å². The Balaban J connectivity index is 2.04. The number of fused-ring (bicyclic) bond motifs is 1. The monoisotopic (exact) mass is 398 g/mol. The number of hydrogen-bond donors (Lipinski definition) is 1. The molecule has 0 fully saturated rings. The fourth-order valence-electron chi connectivity index (χ4n) is 2.44. The third-order valence-electron chi connectivity index (χ3n) is 3.93. The highest BCUT2D eigenvalue weighted by Gasteiger charge is 2.29. The molecule has 0 saturated carbocycles. The smallest absolute Gasteiger partial charge is 0.349 e. The minimum atomic E-state index is -2.39. The van der Waals surface area contributed by atoms with Crippen LogP contribution in [0.3, 0.4) is 0 Å². The molecule has 28 heavy (non-hydrogen) atoms. The molecule has 0 atom stereocenters. The number of esters is 1. The van der Waals surface area contributed by atoms with Crippen LogP contribution in [-0.2, 0) is 0 Å². The van der Waals surface area contributed by atoms with Crippen LogP contribution in [-0.4, -0.2) is 25.0 Å². The second kappa shape index (κ2) is 6.95. The molecule has 0 spiro atoms. The van der Waals surface area contributed by atoms with Gasteiger partial charge in [-0.2, -0.15) is 8.78 Å². The summed E-state index contributed by atoms with van der Waals surface area (Å²) in [6.45, 7) is 0. The van der Waals surface area contributed by atoms with Gasteiger partial charge in [-0.3, -0.25) is 4.79 Å². The number of H-pyrrole nitrogens is 1. The number of aromatic amines is 1. The number of pyridine rings is 1. The van der Waals surface area contributed by atoms with Crippen molar-refractivity contribution < 1.29 is 31.5 Å². The van der Waals surface area contributed by atoms with Crippen molar-refractivity contribution >= 4 is 22.6 Å². The average molecular weight is 398 g/mol. The number of ether oxygens (including phenoxy) is 1. The van der Waals surface area contributed by atoms with E-state index in [1.54, 1.807) is 37.2 Å². The number of rotatable bonds is 3. The van der Waals surface area contributed by atoms with E-state index in [4.69, 9.17) is 0 Å². The first-order valence-electron chi connectivity index (χ1n) is 7.69. The number of nitrogens with zero attached hydrogens (tertiary/aromatic N) is 1. The molecule has 0 bridgehead atoms. The van der Waals surface area contributed by atoms with E-state index in [9.17, 15) is 31.5 Å². The maximum atomic E-state index is 13.7. The third kappa shape index (κ3) is 3.17. The first-order valence-corrected chi connectivity index (χ1v) is 7.69. The quantitative estimate of drug-likeness (QED) is 0.241. The summed E-state index contributed by atoms with van der Waals surface area (Å²) in [6.07, 6.45) is 0. The van der Waals surface area contributed by atoms with Gasteiger partial charge in [-0.1, -0.05) is 6.07 Å². The first-order chi connectivity index (χ1) is 13.1. The summed E-state index contributed by atoms with van der Waals surface area (Å²) in [7, 11) is 3.55. The Hall–Kier alpha value is -3.43. The van der Waals surface area contributed by atoms with Crippen LogP contribution in [0.1, 0.15) is 10.4 Å². The van der Waals surface area contributed by atoms with Gasteiger partial charge in [0.2, 0.25) is 34.8 Å². The zero-order chi connectivity index (χ0) is 20.7. The van der Waals surface area contributed by atoms with Crippen LogP contribution in [0.15, 0.2) is 29.1 Å². The van der Waals surface area contributed by atoms with Gasteiger partial charge in [0.25, 0.3) is 5.56 Å². The van der Waals surface area contributed by atoms with Gasteiger partial charge in [0.15, 0.2) is 0 Å². The number of benzene rings is 2. The van der Waals surface area contributed by atoms with E-state index in [-0.39, 0.29) is 0 Å². The van der Waals surface area contributed by atoms with Gasteiger partial charge in [-0.25, -0.2) is 18.0 Å². The molecule has 5 nitrogen and oxygen atoms in total. The Morgan fingerprint density at radius 3 is 2.07 bits per heavy atom. The zero-order valence-corrected chi connectivity index (χ0v) is 14.4. The molecule has 1 N–H and O–H groups in total. The van der Waals surface area contributed by atoms with Crippen LogP contribution in [0.5, 0.6) is 5.75 Å². The van der Waals surface area contributed by atoms with Crippen LogP contribution in [0.25, 0.3) is 10.9 Å². The molecule has 1 heterocycles. The van der Waals surface area contributed by atoms with Gasteiger partial charge < -0.3 is 14.6 Å². The topological polar surface area (TPSA) is 62.4 Å². The lowest BCUT2D eigenvalue weighted by atomic mass is 10.1. The molecule has 0 aliphatic carbocycles. The van der Waals surface area contributed by atoms with Crippen LogP contribution in [0, 0.1) is 29.1 Å². The van der Waals surface area contributed by atoms with Crippen LogP contribution >= 0.6 is 0 Å². The van der Waals surface area contributed by atoms with E-state index in [0.29, 0.717) is 10.9 Å². The number of nitrogens with one attached hydrogen (secondary N) is 1. The van der Waals surface area contributed by atoms with Crippen molar-refractivity contribution in [3.05, 3.63) is 69.3 Å². The largest absolute Gasteiger partial charge is 0.416 e. The second-order valence-electron chi connectivity index (χ2n) is 5.97. The fourth-order valence-corrected chi connectivity index (χ4v) is 2.44. The molecule has 2 aromatic carbocycles. The van der Waals surface area contributed by atoms with E-state index in [1.165, 1.54) is 0 Å². The van der Waals surface area contributed by atoms with Crippen molar-refractivity contribution in [2.75, 3.05) is 19.0 Å². The number of carbonyl (C=O) groups excluding carboxylic acids is 1. The summed E-state index contributed by atoms with van der Waals surface area (Å²) in [5.41, 5.74) is -0.518. The van der Waals surface area contributed by atoms with Gasteiger partial charge in [-0.15, -0.1) is 0 Å². The van der Waals surface area contributed by atoms with E-state index in [2.05, 4.69) is 9.72 Å². The molecule has 0 amide bonds. The minimum Gasteiger partial charge on any atom is -0.416 e. The molecule has 1 aromatic heterocycles. The van der Waals surface area contributed by atoms with Crippen molar-refractivity contribution in [1.82, 2.24) is 4.98 Å². The summed E-state index contributed by atoms with van der Waals surface area (Å²) in [5.74, 6) is -15.0. The second-order valence-corrected chi connectivity index (χ2v) is 5.97. The predicted octanol–water partition coefficient (Wildman–Crippen LogP) is 3.51. The number of carbonyl (C=O) groups is 1. The first kappa shape index (κ1) is 19.3. The third-order valence-corrected chi connectivity index (χ3v) is 3.93. The van der Waals surface area contributed by atoms with Crippen molar-refractivity contribution in [2.45, 2.75) is 0 Å². The predicted molar refractivity (Wildman–Crippen MR) is 90.1 cm³/mol. The standard InChI is InChI=1S/C18H11F5N2O3/c1-25(2)8-4-3-7-5-9(17(26)24-10(7)6-8)18(27)28-16-14(22)12(20)11(19)13(21)15(16)23/h3-6H,1-2H3,(H,24,26). The number of halogens is 5. The van der Waals surface area contributed by atoms with Crippen LogP contribution in [0.4, 0.5) is 27.6 Å². The normalized spacial score (nSPS) is 11.0. The Kier molecular flexibility index (Phi) is 4.80. The molecule has 3 aromatic rings. The molecule has 0 aliphatic heterocycles. The molecule has 0 aliphatic rings. The average Bonchev–Trinajstić information content (AvgIpc) is 2.66. The SMILES string of the molecule is CN(C)c1ccc2cc(C(=O)Oc3c(F)c(F)c(F)c(F)c3F)c(=O)[nH]c2c1. The van der Waals surface area contributed by atoms with Crippen molar-refractivity contribution in [3.63, 3.8) is 0 Å². The summed E-state index contributed by atoms with van der Waals surface area (Å²) in [5, 5.41) is 0.384. The summed E-state index contributed by atoms with van der Waals surface area (Å²) >= 11 is 0. The lowest BCUT2D eigenvalue weighted by Crippen LogP contribution is -2.23. The maximum absolute atomic E-state index is 13.7. The summed E-state index contributed by atoms with van der Waals surface area (Å²) in [6, 6.07) is 5.95. The molecule has 0 radical (unpaired) electrons. The maximum Gasteiger partial charge on any atom is 0.349 e. The van der Waals surface area contributed by atoms with Gasteiger partial charge in [0.05, 0.1) is 5.52 Å². The fraction of sp³-hybridized carbons (Fsp3) is 0.111. The molecule has 0 unspecified atom stereocenters. The summed E-state index contributed by atoms with van der Waals surface area (Å²) < 4.78 is 71.1. The highest BCUT2D eigenvalue weighted by atomic mass is 19.2.